The molecule has 0 aliphatic carbocycles. The fourth-order valence-corrected chi connectivity index (χ4v) is 3.29. The normalized spacial score (nSPS) is 16.1. The molecule has 0 spiro atoms. The molecule has 7 heteroatoms. The summed E-state index contributed by atoms with van der Waals surface area (Å²) in [6, 6.07) is 14.4. The lowest BCUT2D eigenvalue weighted by Crippen LogP contribution is -2.30. The molecular formula is C21H22ClN3O3. The maximum absolute atomic E-state index is 12.5. The number of nitrogens with one attached hydrogen (secondary N) is 2. The van der Waals surface area contributed by atoms with Crippen molar-refractivity contribution in [2.24, 2.45) is 5.92 Å². The number of hydrogen-bond acceptors (Lipinski definition) is 3. The molecule has 1 fully saturated rings. The van der Waals surface area contributed by atoms with Gasteiger partial charge in [-0.05, 0) is 48.4 Å². The molecule has 3 amide bonds. The lowest BCUT2D eigenvalue weighted by Gasteiger charge is -2.16. The number of amides is 3. The Balaban J connectivity index is 1.51. The molecular weight excluding hydrogens is 378 g/mol. The van der Waals surface area contributed by atoms with Crippen LogP contribution in [0.1, 0.15) is 18.9 Å². The standard InChI is InChI=1S/C21H22ClN3O3/c1-14(26)23-18-6-8-19(9-7-18)24-21(28)16-12-20(27)25(13-16)11-10-15-2-4-17(22)5-3-15/h2-9,16H,10-13H2,1H3,(H,23,26)(H,24,28). The third-order valence-corrected chi connectivity index (χ3v) is 4.89. The smallest absolute Gasteiger partial charge is 0.229 e. The molecule has 1 unspecified atom stereocenters. The monoisotopic (exact) mass is 399 g/mol. The second-order valence-electron chi connectivity index (χ2n) is 6.87. The van der Waals surface area contributed by atoms with Gasteiger partial charge in [-0.3, -0.25) is 14.4 Å². The van der Waals surface area contributed by atoms with Gasteiger partial charge in [0.05, 0.1) is 5.92 Å². The van der Waals surface area contributed by atoms with Gasteiger partial charge in [0.25, 0.3) is 0 Å². The Morgan fingerprint density at radius 2 is 1.64 bits per heavy atom. The maximum Gasteiger partial charge on any atom is 0.229 e. The van der Waals surface area contributed by atoms with Crippen molar-refractivity contribution in [3.05, 3.63) is 59.1 Å². The Labute approximate surface area is 168 Å². The summed E-state index contributed by atoms with van der Waals surface area (Å²) < 4.78 is 0. The first-order chi connectivity index (χ1) is 13.4. The van der Waals surface area contributed by atoms with Crippen LogP contribution in [0.25, 0.3) is 0 Å². The summed E-state index contributed by atoms with van der Waals surface area (Å²) in [5.74, 6) is -0.697. The van der Waals surface area contributed by atoms with Gasteiger partial charge in [0, 0.05) is 42.8 Å². The second kappa shape index (κ2) is 8.89. The van der Waals surface area contributed by atoms with Crippen LogP contribution in [0.4, 0.5) is 11.4 Å². The van der Waals surface area contributed by atoms with E-state index in [-0.39, 0.29) is 30.1 Å². The van der Waals surface area contributed by atoms with Crippen LogP contribution in [0.15, 0.2) is 48.5 Å². The summed E-state index contributed by atoms with van der Waals surface area (Å²) in [5.41, 5.74) is 2.39. The summed E-state index contributed by atoms with van der Waals surface area (Å²) in [6.45, 7) is 2.43. The highest BCUT2D eigenvalue weighted by atomic mass is 35.5. The van der Waals surface area contributed by atoms with Gasteiger partial charge in [-0.2, -0.15) is 0 Å². The largest absolute Gasteiger partial charge is 0.342 e. The van der Waals surface area contributed by atoms with Crippen LogP contribution in [0, 0.1) is 5.92 Å². The Hall–Kier alpha value is -2.86. The van der Waals surface area contributed by atoms with Crippen LogP contribution in [-0.2, 0) is 20.8 Å². The second-order valence-corrected chi connectivity index (χ2v) is 7.30. The molecule has 0 aromatic heterocycles. The highest BCUT2D eigenvalue weighted by Gasteiger charge is 2.34. The number of hydrogen-bond donors (Lipinski definition) is 2. The van der Waals surface area contributed by atoms with Crippen molar-refractivity contribution in [3.8, 4) is 0 Å². The number of likely N-dealkylation sites (tertiary alicyclic amines) is 1. The molecule has 1 aliphatic rings. The van der Waals surface area contributed by atoms with Crippen LogP contribution in [0.3, 0.4) is 0 Å². The molecule has 1 aliphatic heterocycles. The highest BCUT2D eigenvalue weighted by Crippen LogP contribution is 2.21. The average Bonchev–Trinajstić information content (AvgIpc) is 3.03. The van der Waals surface area contributed by atoms with E-state index in [9.17, 15) is 14.4 Å². The molecule has 0 radical (unpaired) electrons. The zero-order valence-corrected chi connectivity index (χ0v) is 16.3. The third-order valence-electron chi connectivity index (χ3n) is 4.64. The van der Waals surface area contributed by atoms with Gasteiger partial charge in [-0.1, -0.05) is 23.7 Å². The summed E-state index contributed by atoms with van der Waals surface area (Å²) in [6.07, 6.45) is 0.943. The van der Waals surface area contributed by atoms with Gasteiger partial charge in [-0.15, -0.1) is 0 Å². The molecule has 2 aromatic rings. The predicted octanol–water partition coefficient (Wildman–Crippen LogP) is 3.33. The summed E-state index contributed by atoms with van der Waals surface area (Å²) in [4.78, 5) is 37.5. The van der Waals surface area contributed by atoms with Crippen molar-refractivity contribution in [1.29, 1.82) is 0 Å². The Bertz CT molecular complexity index is 865. The van der Waals surface area contributed by atoms with Crippen molar-refractivity contribution < 1.29 is 14.4 Å². The highest BCUT2D eigenvalue weighted by molar-refractivity contribution is 6.30. The molecule has 0 bridgehead atoms. The van der Waals surface area contributed by atoms with E-state index in [4.69, 9.17) is 11.6 Å². The SMILES string of the molecule is CC(=O)Nc1ccc(NC(=O)C2CC(=O)N(CCc3ccc(Cl)cc3)C2)cc1. The number of benzene rings is 2. The van der Waals surface area contributed by atoms with E-state index in [1.165, 1.54) is 6.92 Å². The Morgan fingerprint density at radius 1 is 1.04 bits per heavy atom. The van der Waals surface area contributed by atoms with Gasteiger partial charge in [0.2, 0.25) is 17.7 Å². The molecule has 2 N–H and O–H groups in total. The quantitative estimate of drug-likeness (QED) is 0.782. The van der Waals surface area contributed by atoms with Crippen LogP contribution in [0.2, 0.25) is 5.02 Å². The van der Waals surface area contributed by atoms with Crippen molar-refractivity contribution in [2.75, 3.05) is 23.7 Å². The fourth-order valence-electron chi connectivity index (χ4n) is 3.16. The molecule has 2 aromatic carbocycles. The first kappa shape index (κ1) is 19.9. The summed E-state index contributed by atoms with van der Waals surface area (Å²) in [7, 11) is 0. The maximum atomic E-state index is 12.5. The van der Waals surface area contributed by atoms with Crippen molar-refractivity contribution in [2.45, 2.75) is 19.8 Å². The van der Waals surface area contributed by atoms with Crippen LogP contribution >= 0.6 is 11.6 Å². The molecule has 6 nitrogen and oxygen atoms in total. The number of anilines is 2. The van der Waals surface area contributed by atoms with Crippen molar-refractivity contribution in [3.63, 3.8) is 0 Å². The van der Waals surface area contributed by atoms with E-state index in [0.29, 0.717) is 29.5 Å². The van der Waals surface area contributed by atoms with E-state index >= 15 is 0 Å². The van der Waals surface area contributed by atoms with Crippen molar-refractivity contribution >= 4 is 40.7 Å². The van der Waals surface area contributed by atoms with E-state index in [1.54, 1.807) is 29.2 Å². The number of carbonyl (C=O) groups excluding carboxylic acids is 3. The van der Waals surface area contributed by atoms with E-state index < -0.39 is 0 Å². The fraction of sp³-hybridized carbons (Fsp3) is 0.286. The Morgan fingerprint density at radius 3 is 2.25 bits per heavy atom. The zero-order chi connectivity index (χ0) is 20.1. The number of carbonyl (C=O) groups is 3. The van der Waals surface area contributed by atoms with Crippen LogP contribution in [0.5, 0.6) is 0 Å². The molecule has 0 saturated carbocycles. The third kappa shape index (κ3) is 5.33. The van der Waals surface area contributed by atoms with Gasteiger partial charge in [0.1, 0.15) is 0 Å². The minimum absolute atomic E-state index is 0.00452. The van der Waals surface area contributed by atoms with E-state index in [2.05, 4.69) is 10.6 Å². The molecule has 28 heavy (non-hydrogen) atoms. The molecule has 3 rings (SSSR count). The number of halogens is 1. The molecule has 146 valence electrons. The predicted molar refractivity (Wildman–Crippen MR) is 109 cm³/mol. The van der Waals surface area contributed by atoms with Crippen LogP contribution < -0.4 is 10.6 Å². The van der Waals surface area contributed by atoms with Crippen molar-refractivity contribution in [1.82, 2.24) is 4.90 Å². The minimum Gasteiger partial charge on any atom is -0.342 e. The van der Waals surface area contributed by atoms with Gasteiger partial charge in [0.15, 0.2) is 0 Å². The van der Waals surface area contributed by atoms with Gasteiger partial charge >= 0.3 is 0 Å². The van der Waals surface area contributed by atoms with E-state index in [1.807, 2.05) is 24.3 Å². The summed E-state index contributed by atoms with van der Waals surface area (Å²) >= 11 is 5.89. The lowest BCUT2D eigenvalue weighted by molar-refractivity contribution is -0.128. The molecule has 1 saturated heterocycles. The average molecular weight is 400 g/mol. The number of nitrogens with zero attached hydrogens (tertiary/aromatic N) is 1. The molecule has 1 atom stereocenters. The van der Waals surface area contributed by atoms with E-state index in [0.717, 1.165) is 12.0 Å². The molecule has 1 heterocycles. The van der Waals surface area contributed by atoms with Crippen LogP contribution in [-0.4, -0.2) is 35.7 Å². The zero-order valence-electron chi connectivity index (χ0n) is 15.6. The van der Waals surface area contributed by atoms with Gasteiger partial charge < -0.3 is 15.5 Å². The topological polar surface area (TPSA) is 78.5 Å². The number of rotatable bonds is 6. The Kier molecular flexibility index (Phi) is 6.31. The lowest BCUT2D eigenvalue weighted by atomic mass is 10.1. The minimum atomic E-state index is -0.368. The van der Waals surface area contributed by atoms with Gasteiger partial charge in [-0.25, -0.2) is 0 Å². The first-order valence-corrected chi connectivity index (χ1v) is 9.49. The summed E-state index contributed by atoms with van der Waals surface area (Å²) in [5, 5.41) is 6.20. The first-order valence-electron chi connectivity index (χ1n) is 9.11.